The Balaban J connectivity index is 1.90. The lowest BCUT2D eigenvalue weighted by atomic mass is 10.3. The van der Waals surface area contributed by atoms with E-state index in [1.165, 1.54) is 0 Å². The number of nitrogens with one attached hydrogen (secondary N) is 2. The average molecular weight is 358 g/mol. The first-order valence-corrected chi connectivity index (χ1v) is 8.55. The second-order valence-electron chi connectivity index (χ2n) is 5.33. The quantitative estimate of drug-likeness (QED) is 0.408. The maximum Gasteiger partial charge on any atom is 0.219 e. The molecule has 0 aliphatic rings. The molecule has 0 radical (unpaired) electrons. The summed E-state index contributed by atoms with van der Waals surface area (Å²) in [6, 6.07) is 11.3. The van der Waals surface area contributed by atoms with Crippen LogP contribution in [-0.2, 0) is 11.3 Å². The fraction of sp³-hybridized carbons (Fsp3) is 0.368. The molecule has 2 N–H and O–H groups in total. The number of aliphatic imine (C=N–C) groups is 1. The number of rotatable bonds is 9. The van der Waals surface area contributed by atoms with Gasteiger partial charge in [-0.2, -0.15) is 0 Å². The second kappa shape index (κ2) is 10.9. The molecular formula is C19H26N4O3. The van der Waals surface area contributed by atoms with Crippen molar-refractivity contribution in [1.82, 2.24) is 15.6 Å². The molecule has 140 valence electrons. The van der Waals surface area contributed by atoms with E-state index >= 15 is 0 Å². The number of pyridine rings is 1. The van der Waals surface area contributed by atoms with Crippen molar-refractivity contribution in [3.8, 4) is 17.4 Å². The van der Waals surface area contributed by atoms with Crippen molar-refractivity contribution in [2.45, 2.75) is 13.5 Å². The van der Waals surface area contributed by atoms with E-state index in [0.717, 1.165) is 5.56 Å². The van der Waals surface area contributed by atoms with Crippen LogP contribution in [0.4, 0.5) is 0 Å². The third-order valence-corrected chi connectivity index (χ3v) is 3.44. The Kier molecular flexibility index (Phi) is 8.21. The molecule has 0 saturated heterocycles. The Morgan fingerprint density at radius 1 is 1.12 bits per heavy atom. The van der Waals surface area contributed by atoms with Gasteiger partial charge in [-0.25, -0.2) is 4.98 Å². The number of guanidine groups is 1. The minimum atomic E-state index is 0.517. The number of ether oxygens (including phenoxy) is 3. The molecule has 0 saturated carbocycles. The van der Waals surface area contributed by atoms with Crippen molar-refractivity contribution in [2.24, 2.45) is 4.99 Å². The highest BCUT2D eigenvalue weighted by Crippen LogP contribution is 2.30. The fourth-order valence-corrected chi connectivity index (χ4v) is 2.18. The maximum atomic E-state index is 5.82. The van der Waals surface area contributed by atoms with Gasteiger partial charge in [-0.1, -0.05) is 18.2 Å². The summed E-state index contributed by atoms with van der Waals surface area (Å²) in [5, 5.41) is 6.38. The highest BCUT2D eigenvalue weighted by molar-refractivity contribution is 5.79. The summed E-state index contributed by atoms with van der Waals surface area (Å²) in [5.74, 6) is 2.58. The number of benzene rings is 1. The van der Waals surface area contributed by atoms with Crippen LogP contribution in [0.5, 0.6) is 17.4 Å². The molecule has 2 rings (SSSR count). The lowest BCUT2D eigenvalue weighted by Crippen LogP contribution is -2.38. The Morgan fingerprint density at radius 3 is 2.58 bits per heavy atom. The predicted molar refractivity (Wildman–Crippen MR) is 102 cm³/mol. The predicted octanol–water partition coefficient (Wildman–Crippen LogP) is 2.58. The van der Waals surface area contributed by atoms with Crippen LogP contribution < -0.4 is 20.1 Å². The topological polar surface area (TPSA) is 77.0 Å². The summed E-state index contributed by atoms with van der Waals surface area (Å²) >= 11 is 0. The molecule has 0 spiro atoms. The Labute approximate surface area is 154 Å². The number of hydrogen-bond donors (Lipinski definition) is 2. The zero-order valence-electron chi connectivity index (χ0n) is 15.5. The monoisotopic (exact) mass is 358 g/mol. The van der Waals surface area contributed by atoms with Crippen LogP contribution in [0.3, 0.4) is 0 Å². The molecule has 7 heteroatoms. The van der Waals surface area contributed by atoms with Gasteiger partial charge in [-0.3, -0.25) is 4.99 Å². The van der Waals surface area contributed by atoms with E-state index in [1.807, 2.05) is 43.3 Å². The van der Waals surface area contributed by atoms with E-state index < -0.39 is 0 Å². The van der Waals surface area contributed by atoms with Crippen molar-refractivity contribution in [3.05, 3.63) is 48.2 Å². The first kappa shape index (κ1) is 19.5. The largest absolute Gasteiger partial charge is 0.490 e. The highest BCUT2D eigenvalue weighted by Gasteiger charge is 2.06. The molecule has 0 fully saturated rings. The summed E-state index contributed by atoms with van der Waals surface area (Å²) in [6.45, 7) is 4.44. The van der Waals surface area contributed by atoms with Gasteiger partial charge in [0.05, 0.1) is 13.2 Å². The van der Waals surface area contributed by atoms with Gasteiger partial charge in [0.2, 0.25) is 5.88 Å². The normalized spacial score (nSPS) is 11.1. The fourth-order valence-electron chi connectivity index (χ4n) is 2.18. The summed E-state index contributed by atoms with van der Waals surface area (Å²) in [7, 11) is 3.40. The maximum absolute atomic E-state index is 5.82. The van der Waals surface area contributed by atoms with E-state index in [1.54, 1.807) is 20.4 Å². The minimum absolute atomic E-state index is 0.517. The summed E-state index contributed by atoms with van der Waals surface area (Å²) in [5.41, 5.74) is 1.02. The second-order valence-corrected chi connectivity index (χ2v) is 5.33. The Morgan fingerprint density at radius 2 is 1.92 bits per heavy atom. The molecule has 0 atom stereocenters. The van der Waals surface area contributed by atoms with E-state index in [9.17, 15) is 0 Å². The van der Waals surface area contributed by atoms with Crippen molar-refractivity contribution >= 4 is 5.96 Å². The molecular weight excluding hydrogens is 332 g/mol. The molecule has 0 amide bonds. The molecule has 2 aromatic rings. The van der Waals surface area contributed by atoms with E-state index in [2.05, 4.69) is 20.6 Å². The first-order valence-electron chi connectivity index (χ1n) is 8.55. The van der Waals surface area contributed by atoms with Crippen molar-refractivity contribution in [2.75, 3.05) is 33.9 Å². The van der Waals surface area contributed by atoms with Gasteiger partial charge < -0.3 is 24.8 Å². The van der Waals surface area contributed by atoms with Gasteiger partial charge >= 0.3 is 0 Å². The van der Waals surface area contributed by atoms with Crippen LogP contribution in [0.2, 0.25) is 0 Å². The SMILES string of the molecule is CCOc1ccccc1Oc1ccc(CNC(=NC)NCCOC)cn1. The number of hydrogen-bond acceptors (Lipinski definition) is 5. The number of methoxy groups -OCH3 is 1. The highest BCUT2D eigenvalue weighted by atomic mass is 16.5. The third kappa shape index (κ3) is 6.25. The van der Waals surface area contributed by atoms with Crippen molar-refractivity contribution in [3.63, 3.8) is 0 Å². The lowest BCUT2D eigenvalue weighted by molar-refractivity contribution is 0.203. The molecule has 0 unspecified atom stereocenters. The van der Waals surface area contributed by atoms with E-state index in [0.29, 0.717) is 49.6 Å². The first-order chi connectivity index (χ1) is 12.8. The van der Waals surface area contributed by atoms with Gasteiger partial charge in [0, 0.05) is 39.5 Å². The molecule has 1 aromatic carbocycles. The zero-order valence-corrected chi connectivity index (χ0v) is 15.5. The minimum Gasteiger partial charge on any atom is -0.490 e. The van der Waals surface area contributed by atoms with Gasteiger partial charge in [-0.05, 0) is 24.6 Å². The summed E-state index contributed by atoms with van der Waals surface area (Å²) < 4.78 is 16.4. The summed E-state index contributed by atoms with van der Waals surface area (Å²) in [6.07, 6.45) is 1.77. The van der Waals surface area contributed by atoms with Crippen LogP contribution in [0.1, 0.15) is 12.5 Å². The van der Waals surface area contributed by atoms with Crippen LogP contribution >= 0.6 is 0 Å². The molecule has 1 aromatic heterocycles. The van der Waals surface area contributed by atoms with Crippen molar-refractivity contribution in [1.29, 1.82) is 0 Å². The van der Waals surface area contributed by atoms with Gasteiger partial charge in [0.15, 0.2) is 17.5 Å². The molecule has 0 aliphatic heterocycles. The van der Waals surface area contributed by atoms with Crippen LogP contribution in [-0.4, -0.2) is 44.9 Å². The zero-order chi connectivity index (χ0) is 18.6. The molecule has 0 bridgehead atoms. The molecule has 26 heavy (non-hydrogen) atoms. The van der Waals surface area contributed by atoms with Crippen LogP contribution in [0.15, 0.2) is 47.6 Å². The standard InChI is InChI=1S/C19H26N4O3/c1-4-25-16-7-5-6-8-17(16)26-18-10-9-15(13-22-18)14-23-19(20-2)21-11-12-24-3/h5-10,13H,4,11-12,14H2,1-3H3,(H2,20,21,23). The van der Waals surface area contributed by atoms with Crippen molar-refractivity contribution < 1.29 is 14.2 Å². The molecule has 0 aliphatic carbocycles. The molecule has 7 nitrogen and oxygen atoms in total. The number of nitrogens with zero attached hydrogens (tertiary/aromatic N) is 2. The smallest absolute Gasteiger partial charge is 0.219 e. The van der Waals surface area contributed by atoms with E-state index in [4.69, 9.17) is 14.2 Å². The third-order valence-electron chi connectivity index (χ3n) is 3.44. The Bertz CT molecular complexity index is 689. The van der Waals surface area contributed by atoms with Gasteiger partial charge in [-0.15, -0.1) is 0 Å². The number of aromatic nitrogens is 1. The summed E-state index contributed by atoms with van der Waals surface area (Å²) in [4.78, 5) is 8.51. The average Bonchev–Trinajstić information content (AvgIpc) is 2.67. The van der Waals surface area contributed by atoms with Crippen LogP contribution in [0, 0.1) is 0 Å². The van der Waals surface area contributed by atoms with E-state index in [-0.39, 0.29) is 0 Å². The van der Waals surface area contributed by atoms with Gasteiger partial charge in [0.25, 0.3) is 0 Å². The van der Waals surface area contributed by atoms with Crippen LogP contribution in [0.25, 0.3) is 0 Å². The number of para-hydroxylation sites is 2. The molecule has 1 heterocycles. The Hall–Kier alpha value is -2.80. The lowest BCUT2D eigenvalue weighted by Gasteiger charge is -2.12. The van der Waals surface area contributed by atoms with Gasteiger partial charge in [0.1, 0.15) is 0 Å².